The summed E-state index contributed by atoms with van der Waals surface area (Å²) in [5, 5.41) is 0. The van der Waals surface area contributed by atoms with E-state index in [9.17, 15) is 9.18 Å². The second kappa shape index (κ2) is 6.31. The first kappa shape index (κ1) is 12.8. The first-order valence-electron chi connectivity index (χ1n) is 5.53. The molecule has 0 N–H and O–H groups in total. The van der Waals surface area contributed by atoms with Gasteiger partial charge in [-0.2, -0.15) is 0 Å². The molecule has 0 atom stereocenters. The second-order valence-corrected chi connectivity index (χ2v) is 4.87. The normalized spacial score (nSPS) is 10.3. The van der Waals surface area contributed by atoms with E-state index in [2.05, 4.69) is 4.98 Å². The highest BCUT2D eigenvalue weighted by molar-refractivity contribution is 8.00. The number of Topliss-reactive ketones (excluding diaryl/α,β-unsaturated/α-hetero) is 1. The van der Waals surface area contributed by atoms with Crippen molar-refractivity contribution in [2.45, 2.75) is 11.3 Å². The number of rotatable bonds is 5. The minimum absolute atomic E-state index is 0.121. The molecule has 18 heavy (non-hydrogen) atoms. The maximum atomic E-state index is 12.9. The largest absolute Gasteiger partial charge is 0.298 e. The molecule has 1 heterocycles. The van der Waals surface area contributed by atoms with Crippen LogP contribution >= 0.6 is 11.8 Å². The van der Waals surface area contributed by atoms with Gasteiger partial charge in [-0.1, -0.05) is 6.07 Å². The summed E-state index contributed by atoms with van der Waals surface area (Å²) in [6.07, 6.45) is 3.73. The number of nitrogens with zero attached hydrogens (tertiary/aromatic N) is 1. The Labute approximate surface area is 109 Å². The van der Waals surface area contributed by atoms with Crippen molar-refractivity contribution >= 4 is 17.5 Å². The van der Waals surface area contributed by atoms with Gasteiger partial charge in [-0.15, -0.1) is 11.8 Å². The van der Waals surface area contributed by atoms with E-state index in [-0.39, 0.29) is 11.6 Å². The molecule has 0 unspecified atom stereocenters. The molecule has 2 rings (SSSR count). The lowest BCUT2D eigenvalue weighted by Gasteiger charge is -2.02. The molecule has 1 aromatic heterocycles. The Kier molecular flexibility index (Phi) is 4.47. The van der Waals surface area contributed by atoms with Crippen LogP contribution in [0.3, 0.4) is 0 Å². The van der Waals surface area contributed by atoms with E-state index < -0.39 is 0 Å². The summed E-state index contributed by atoms with van der Waals surface area (Å²) < 4.78 is 12.9. The lowest BCUT2D eigenvalue weighted by Crippen LogP contribution is -2.05. The van der Waals surface area contributed by atoms with Gasteiger partial charge in [0, 0.05) is 23.7 Å². The number of carbonyl (C=O) groups is 1. The molecule has 2 aromatic rings. The minimum atomic E-state index is -0.276. The van der Waals surface area contributed by atoms with Gasteiger partial charge in [-0.25, -0.2) is 4.39 Å². The van der Waals surface area contributed by atoms with E-state index in [0.29, 0.717) is 12.2 Å². The first-order valence-corrected chi connectivity index (χ1v) is 6.51. The molecule has 1 aromatic carbocycles. The van der Waals surface area contributed by atoms with Gasteiger partial charge in [0.2, 0.25) is 0 Å². The second-order valence-electron chi connectivity index (χ2n) is 3.82. The number of carbonyl (C=O) groups excluding carboxylic acids is 1. The SMILES string of the molecule is O=C(CSc1cccc(F)c1)Cc1ccncc1. The maximum absolute atomic E-state index is 12.9. The predicted octanol–water partition coefficient (Wildman–Crippen LogP) is 3.12. The van der Waals surface area contributed by atoms with Gasteiger partial charge in [0.05, 0.1) is 5.75 Å². The summed E-state index contributed by atoms with van der Waals surface area (Å²) >= 11 is 1.36. The van der Waals surface area contributed by atoms with E-state index in [0.717, 1.165) is 10.5 Å². The number of benzene rings is 1. The van der Waals surface area contributed by atoms with Crippen molar-refractivity contribution in [3.8, 4) is 0 Å². The number of ketones is 1. The number of hydrogen-bond acceptors (Lipinski definition) is 3. The molecule has 0 aliphatic heterocycles. The third-order valence-electron chi connectivity index (χ3n) is 2.35. The van der Waals surface area contributed by atoms with Crippen LogP contribution in [0, 0.1) is 5.82 Å². The van der Waals surface area contributed by atoms with E-state index in [4.69, 9.17) is 0 Å². The van der Waals surface area contributed by atoms with Gasteiger partial charge in [0.25, 0.3) is 0 Å². The average Bonchev–Trinajstić information content (AvgIpc) is 2.38. The Morgan fingerprint density at radius 2 is 2.00 bits per heavy atom. The van der Waals surface area contributed by atoms with Crippen molar-refractivity contribution in [1.82, 2.24) is 4.98 Å². The van der Waals surface area contributed by atoms with E-state index >= 15 is 0 Å². The van der Waals surface area contributed by atoms with Gasteiger partial charge in [-0.05, 0) is 35.9 Å². The van der Waals surface area contributed by atoms with Crippen molar-refractivity contribution in [2.24, 2.45) is 0 Å². The topological polar surface area (TPSA) is 30.0 Å². The van der Waals surface area contributed by atoms with Gasteiger partial charge >= 0.3 is 0 Å². The number of pyridine rings is 1. The Morgan fingerprint density at radius 1 is 1.22 bits per heavy atom. The highest BCUT2D eigenvalue weighted by atomic mass is 32.2. The summed E-state index contributed by atoms with van der Waals surface area (Å²) in [7, 11) is 0. The fourth-order valence-corrected chi connectivity index (χ4v) is 2.30. The minimum Gasteiger partial charge on any atom is -0.298 e. The molecule has 2 nitrogen and oxygen atoms in total. The summed E-state index contributed by atoms with van der Waals surface area (Å²) in [6.45, 7) is 0. The van der Waals surface area contributed by atoms with Crippen molar-refractivity contribution in [2.75, 3.05) is 5.75 Å². The first-order chi connectivity index (χ1) is 8.74. The molecule has 92 valence electrons. The molecule has 0 saturated heterocycles. The molecule has 0 aliphatic carbocycles. The molecule has 4 heteroatoms. The highest BCUT2D eigenvalue weighted by Crippen LogP contribution is 2.19. The van der Waals surface area contributed by atoms with Crippen molar-refractivity contribution < 1.29 is 9.18 Å². The molecule has 0 radical (unpaired) electrons. The summed E-state index contributed by atoms with van der Waals surface area (Å²) in [4.78, 5) is 16.4. The molecule has 0 fully saturated rings. The van der Waals surface area contributed by atoms with Gasteiger partial charge in [0.1, 0.15) is 11.6 Å². The number of hydrogen-bond donors (Lipinski definition) is 0. The van der Waals surface area contributed by atoms with Crippen LogP contribution in [0.1, 0.15) is 5.56 Å². The third kappa shape index (κ3) is 3.96. The van der Waals surface area contributed by atoms with Crippen molar-refractivity contribution in [3.05, 3.63) is 60.2 Å². The zero-order valence-corrected chi connectivity index (χ0v) is 10.5. The smallest absolute Gasteiger partial charge is 0.147 e. The molecular formula is C14H12FNOS. The van der Waals surface area contributed by atoms with Crippen LogP contribution in [0.5, 0.6) is 0 Å². The number of thioether (sulfide) groups is 1. The van der Waals surface area contributed by atoms with Crippen LogP contribution in [0.2, 0.25) is 0 Å². The maximum Gasteiger partial charge on any atom is 0.147 e. The Hall–Kier alpha value is -1.68. The number of halogens is 1. The van der Waals surface area contributed by atoms with Crippen LogP contribution in [0.15, 0.2) is 53.7 Å². The zero-order chi connectivity index (χ0) is 12.8. The van der Waals surface area contributed by atoms with Crippen LogP contribution in [0.4, 0.5) is 4.39 Å². The van der Waals surface area contributed by atoms with Crippen molar-refractivity contribution in [1.29, 1.82) is 0 Å². The lowest BCUT2D eigenvalue weighted by atomic mass is 10.1. The standard InChI is InChI=1S/C14H12FNOS/c15-12-2-1-3-14(9-12)18-10-13(17)8-11-4-6-16-7-5-11/h1-7,9H,8,10H2. The van der Waals surface area contributed by atoms with Gasteiger partial charge in [0.15, 0.2) is 0 Å². The quantitative estimate of drug-likeness (QED) is 0.775. The van der Waals surface area contributed by atoms with Crippen LogP contribution in [0.25, 0.3) is 0 Å². The zero-order valence-electron chi connectivity index (χ0n) is 9.67. The van der Waals surface area contributed by atoms with Gasteiger partial charge in [-0.3, -0.25) is 9.78 Å². The third-order valence-corrected chi connectivity index (χ3v) is 3.40. The Balaban J connectivity index is 1.85. The molecule has 0 amide bonds. The molecular weight excluding hydrogens is 249 g/mol. The van der Waals surface area contributed by atoms with Crippen LogP contribution < -0.4 is 0 Å². The van der Waals surface area contributed by atoms with Gasteiger partial charge < -0.3 is 0 Å². The van der Waals surface area contributed by atoms with E-state index in [1.165, 1.54) is 23.9 Å². The monoisotopic (exact) mass is 261 g/mol. The predicted molar refractivity (Wildman–Crippen MR) is 70.1 cm³/mol. The Bertz CT molecular complexity index is 530. The van der Waals surface area contributed by atoms with E-state index in [1.807, 2.05) is 12.1 Å². The summed E-state index contributed by atoms with van der Waals surface area (Å²) in [5.41, 5.74) is 0.954. The van der Waals surface area contributed by atoms with Crippen LogP contribution in [-0.4, -0.2) is 16.5 Å². The lowest BCUT2D eigenvalue weighted by molar-refractivity contribution is -0.116. The van der Waals surface area contributed by atoms with E-state index in [1.54, 1.807) is 24.5 Å². The number of aromatic nitrogens is 1. The summed E-state index contributed by atoms with van der Waals surface area (Å²) in [5.74, 6) is 0.197. The summed E-state index contributed by atoms with van der Waals surface area (Å²) in [6, 6.07) is 9.92. The fraction of sp³-hybridized carbons (Fsp3) is 0.143. The van der Waals surface area contributed by atoms with Crippen LogP contribution in [-0.2, 0) is 11.2 Å². The molecule has 0 saturated carbocycles. The average molecular weight is 261 g/mol. The fourth-order valence-electron chi connectivity index (χ4n) is 1.50. The molecule has 0 bridgehead atoms. The molecule has 0 spiro atoms. The Morgan fingerprint density at radius 3 is 2.72 bits per heavy atom. The molecule has 0 aliphatic rings. The highest BCUT2D eigenvalue weighted by Gasteiger charge is 2.05. The van der Waals surface area contributed by atoms with Crippen molar-refractivity contribution in [3.63, 3.8) is 0 Å².